The van der Waals surface area contributed by atoms with E-state index in [2.05, 4.69) is 17.3 Å². The molecule has 1 aliphatic rings. The van der Waals surface area contributed by atoms with Crippen molar-refractivity contribution < 1.29 is 9.53 Å². The first kappa shape index (κ1) is 15.2. The van der Waals surface area contributed by atoms with Gasteiger partial charge in [0.25, 0.3) is 0 Å². The van der Waals surface area contributed by atoms with Gasteiger partial charge in [-0.2, -0.15) is 0 Å². The number of amides is 1. The van der Waals surface area contributed by atoms with Crippen LogP contribution in [-0.4, -0.2) is 42.8 Å². The fraction of sp³-hybridized carbons (Fsp3) is 0.917. The quantitative estimate of drug-likeness (QED) is 0.751. The summed E-state index contributed by atoms with van der Waals surface area (Å²) in [6.45, 7) is 11.6. The Balaban J connectivity index is 0.00000106. The number of hydrogen-bond donors (Lipinski definition) is 1. The molecule has 1 atom stereocenters. The summed E-state index contributed by atoms with van der Waals surface area (Å²) in [7, 11) is 2.05. The maximum Gasteiger partial charge on any atom is 0.407 e. The molecule has 0 bridgehead atoms. The predicted octanol–water partition coefficient (Wildman–Crippen LogP) is 2.24. The second kappa shape index (κ2) is 6.74. The van der Waals surface area contributed by atoms with E-state index in [9.17, 15) is 4.79 Å². The summed E-state index contributed by atoms with van der Waals surface area (Å²) in [6, 6.07) is 0.245. The smallest absolute Gasteiger partial charge is 0.407 e. The molecule has 0 saturated carbocycles. The van der Waals surface area contributed by atoms with E-state index in [4.69, 9.17) is 4.74 Å². The van der Waals surface area contributed by atoms with Gasteiger partial charge >= 0.3 is 6.09 Å². The number of likely N-dealkylation sites (tertiary alicyclic amines) is 1. The van der Waals surface area contributed by atoms with Gasteiger partial charge in [-0.3, -0.25) is 0 Å². The Bertz CT molecular complexity index is 212. The van der Waals surface area contributed by atoms with Crippen LogP contribution in [-0.2, 0) is 4.74 Å². The zero-order valence-electron chi connectivity index (χ0n) is 11.5. The van der Waals surface area contributed by atoms with Gasteiger partial charge in [-0.05, 0) is 40.8 Å². The first-order valence-corrected chi connectivity index (χ1v) is 6.05. The number of hydrogen-bond acceptors (Lipinski definition) is 3. The topological polar surface area (TPSA) is 41.6 Å². The first-order valence-electron chi connectivity index (χ1n) is 6.05. The Morgan fingerprint density at radius 1 is 1.38 bits per heavy atom. The fourth-order valence-electron chi connectivity index (χ4n) is 1.53. The number of ether oxygens (including phenoxy) is 1. The molecular weight excluding hydrogens is 204 g/mol. The molecule has 4 nitrogen and oxygen atoms in total. The molecular formula is C12H26N2O2. The van der Waals surface area contributed by atoms with E-state index in [1.165, 1.54) is 0 Å². The number of nitrogens with one attached hydrogen (secondary N) is 1. The highest BCUT2D eigenvalue weighted by Crippen LogP contribution is 2.09. The van der Waals surface area contributed by atoms with Gasteiger partial charge in [0.2, 0.25) is 0 Å². The molecule has 0 aromatic carbocycles. The number of alkyl carbamates (subject to hydrolysis) is 1. The normalized spacial score (nSPS) is 21.0. The lowest BCUT2D eigenvalue weighted by Crippen LogP contribution is -2.40. The van der Waals surface area contributed by atoms with Crippen molar-refractivity contribution >= 4 is 6.09 Å². The molecule has 0 spiro atoms. The monoisotopic (exact) mass is 230 g/mol. The number of carbonyl (C=O) groups excluding carboxylic acids is 1. The van der Waals surface area contributed by atoms with Gasteiger partial charge in [0.1, 0.15) is 5.60 Å². The van der Waals surface area contributed by atoms with Crippen molar-refractivity contribution in [3.8, 4) is 0 Å². The third-order valence-electron chi connectivity index (χ3n) is 2.11. The van der Waals surface area contributed by atoms with Crippen LogP contribution in [0.15, 0.2) is 0 Å². The van der Waals surface area contributed by atoms with Crippen LogP contribution >= 0.6 is 0 Å². The van der Waals surface area contributed by atoms with Crippen LogP contribution in [0.1, 0.15) is 41.0 Å². The van der Waals surface area contributed by atoms with Crippen LogP contribution in [0.5, 0.6) is 0 Å². The molecule has 0 aromatic heterocycles. The second-order valence-electron chi connectivity index (χ2n) is 4.89. The summed E-state index contributed by atoms with van der Waals surface area (Å²) in [5.41, 5.74) is -0.408. The van der Waals surface area contributed by atoms with Gasteiger partial charge < -0.3 is 15.0 Å². The molecule has 1 aliphatic heterocycles. The lowest BCUT2D eigenvalue weighted by molar-refractivity contribution is 0.0506. The average Bonchev–Trinajstić information content (AvgIpc) is 2.51. The third-order valence-corrected chi connectivity index (χ3v) is 2.11. The lowest BCUT2D eigenvalue weighted by atomic mass is 10.2. The van der Waals surface area contributed by atoms with Crippen molar-refractivity contribution in [3.63, 3.8) is 0 Å². The van der Waals surface area contributed by atoms with Crippen molar-refractivity contribution in [2.24, 2.45) is 0 Å². The number of nitrogens with zero attached hydrogens (tertiary/aromatic N) is 1. The highest BCUT2D eigenvalue weighted by molar-refractivity contribution is 5.68. The van der Waals surface area contributed by atoms with Crippen molar-refractivity contribution in [2.75, 3.05) is 20.1 Å². The van der Waals surface area contributed by atoms with Crippen LogP contribution in [0.2, 0.25) is 0 Å². The van der Waals surface area contributed by atoms with Crippen molar-refractivity contribution in [2.45, 2.75) is 52.7 Å². The minimum Gasteiger partial charge on any atom is -0.444 e. The Morgan fingerprint density at radius 3 is 2.31 bits per heavy atom. The van der Waals surface area contributed by atoms with E-state index >= 15 is 0 Å². The molecule has 1 saturated heterocycles. The molecule has 1 heterocycles. The molecule has 96 valence electrons. The average molecular weight is 230 g/mol. The zero-order valence-corrected chi connectivity index (χ0v) is 11.5. The van der Waals surface area contributed by atoms with Gasteiger partial charge in [0, 0.05) is 12.6 Å². The first-order chi connectivity index (χ1) is 7.37. The summed E-state index contributed by atoms with van der Waals surface area (Å²) in [6.07, 6.45) is 0.702. The molecule has 1 N–H and O–H groups in total. The highest BCUT2D eigenvalue weighted by Gasteiger charge is 2.23. The Hall–Kier alpha value is -0.770. The number of likely N-dealkylation sites (N-methyl/N-ethyl adjacent to an activating group) is 1. The summed E-state index contributed by atoms with van der Waals surface area (Å²) < 4.78 is 5.17. The van der Waals surface area contributed by atoms with Crippen molar-refractivity contribution in [1.29, 1.82) is 0 Å². The molecule has 0 aromatic rings. The molecule has 4 heteroatoms. The maximum absolute atomic E-state index is 11.4. The van der Waals surface area contributed by atoms with E-state index in [1.54, 1.807) is 0 Å². The van der Waals surface area contributed by atoms with Crippen LogP contribution in [0.3, 0.4) is 0 Å². The Labute approximate surface area is 99.3 Å². The van der Waals surface area contributed by atoms with Crippen LogP contribution in [0.4, 0.5) is 4.79 Å². The summed E-state index contributed by atoms with van der Waals surface area (Å²) in [5.74, 6) is 0. The molecule has 1 unspecified atom stereocenters. The SMILES string of the molecule is CC.CN1CCC(NC(=O)OC(C)(C)C)C1. The van der Waals surface area contributed by atoms with E-state index in [1.807, 2.05) is 34.6 Å². The third kappa shape index (κ3) is 6.67. The molecule has 1 fully saturated rings. The molecule has 1 amide bonds. The highest BCUT2D eigenvalue weighted by atomic mass is 16.6. The van der Waals surface area contributed by atoms with E-state index in [0.29, 0.717) is 0 Å². The van der Waals surface area contributed by atoms with E-state index < -0.39 is 5.60 Å². The minimum absolute atomic E-state index is 0.245. The van der Waals surface area contributed by atoms with Gasteiger partial charge in [0.15, 0.2) is 0 Å². The van der Waals surface area contributed by atoms with Crippen LogP contribution < -0.4 is 5.32 Å². The van der Waals surface area contributed by atoms with Gasteiger partial charge in [-0.15, -0.1) is 0 Å². The Kier molecular flexibility index (Phi) is 6.41. The zero-order chi connectivity index (χ0) is 12.8. The fourth-order valence-corrected chi connectivity index (χ4v) is 1.53. The minimum atomic E-state index is -0.408. The van der Waals surface area contributed by atoms with Gasteiger partial charge in [-0.25, -0.2) is 4.79 Å². The van der Waals surface area contributed by atoms with E-state index in [0.717, 1.165) is 19.5 Å². The van der Waals surface area contributed by atoms with E-state index in [-0.39, 0.29) is 12.1 Å². The maximum atomic E-state index is 11.4. The largest absolute Gasteiger partial charge is 0.444 e. The lowest BCUT2D eigenvalue weighted by Gasteiger charge is -2.21. The molecule has 0 aliphatic carbocycles. The van der Waals surface area contributed by atoms with Crippen molar-refractivity contribution in [3.05, 3.63) is 0 Å². The number of carbonyl (C=O) groups is 1. The van der Waals surface area contributed by atoms with Crippen molar-refractivity contribution in [1.82, 2.24) is 10.2 Å². The molecule has 16 heavy (non-hydrogen) atoms. The summed E-state index contributed by atoms with van der Waals surface area (Å²) >= 11 is 0. The predicted molar refractivity (Wildman–Crippen MR) is 66.6 cm³/mol. The molecule has 1 rings (SSSR count). The summed E-state index contributed by atoms with van der Waals surface area (Å²) in [5, 5.41) is 2.86. The van der Waals surface area contributed by atoms with Crippen LogP contribution in [0, 0.1) is 0 Å². The second-order valence-corrected chi connectivity index (χ2v) is 4.89. The Morgan fingerprint density at radius 2 is 1.94 bits per heavy atom. The molecule has 0 radical (unpaired) electrons. The van der Waals surface area contributed by atoms with Gasteiger partial charge in [-0.1, -0.05) is 13.8 Å². The summed E-state index contributed by atoms with van der Waals surface area (Å²) in [4.78, 5) is 13.6. The van der Waals surface area contributed by atoms with Crippen LogP contribution in [0.25, 0.3) is 0 Å². The van der Waals surface area contributed by atoms with Gasteiger partial charge in [0.05, 0.1) is 0 Å². The number of rotatable bonds is 1. The standard InChI is InChI=1S/C10H20N2O2.C2H6/c1-10(2,3)14-9(13)11-8-5-6-12(4)7-8;1-2/h8H,5-7H2,1-4H3,(H,11,13);1-2H3.